The monoisotopic (exact) mass is 581 g/mol. The standard InChI is InChI=1S/C31H36BrNO5/c1-21-27(37-20-22-9-7-6-8-10-22)17-26(32)28-24(18-33(29(21)28)30(34)38-31(2,3)4)15-16-36-19-23-11-13-25(35-5)14-12-23/h6-14,17,24H,15-16,18-20H2,1-5H3. The van der Waals surface area contributed by atoms with Crippen molar-refractivity contribution in [2.75, 3.05) is 25.2 Å². The van der Waals surface area contributed by atoms with E-state index in [1.165, 1.54) is 0 Å². The Kier molecular flexibility index (Phi) is 9.00. The first-order valence-electron chi connectivity index (χ1n) is 12.9. The Balaban J connectivity index is 1.52. The van der Waals surface area contributed by atoms with Crippen molar-refractivity contribution >= 4 is 27.7 Å². The fourth-order valence-electron chi connectivity index (χ4n) is 4.61. The van der Waals surface area contributed by atoms with E-state index in [-0.39, 0.29) is 12.0 Å². The lowest BCUT2D eigenvalue weighted by Gasteiger charge is -2.26. The third kappa shape index (κ3) is 6.88. The maximum absolute atomic E-state index is 13.3. The molecule has 38 heavy (non-hydrogen) atoms. The molecule has 1 unspecified atom stereocenters. The Morgan fingerprint density at radius 2 is 1.71 bits per heavy atom. The molecule has 3 aromatic carbocycles. The van der Waals surface area contributed by atoms with Gasteiger partial charge in [-0.25, -0.2) is 4.79 Å². The summed E-state index contributed by atoms with van der Waals surface area (Å²) in [7, 11) is 1.66. The zero-order valence-corrected chi connectivity index (χ0v) is 24.3. The second-order valence-electron chi connectivity index (χ2n) is 10.5. The number of nitrogens with zero attached hydrogens (tertiary/aromatic N) is 1. The summed E-state index contributed by atoms with van der Waals surface area (Å²) in [6.45, 7) is 9.71. The van der Waals surface area contributed by atoms with Crippen molar-refractivity contribution in [1.82, 2.24) is 0 Å². The lowest BCUT2D eigenvalue weighted by atomic mass is 9.96. The predicted molar refractivity (Wildman–Crippen MR) is 153 cm³/mol. The molecule has 0 aromatic heterocycles. The first-order valence-corrected chi connectivity index (χ1v) is 13.7. The van der Waals surface area contributed by atoms with Gasteiger partial charge in [0.2, 0.25) is 0 Å². The molecule has 0 N–H and O–H groups in total. The minimum absolute atomic E-state index is 0.102. The van der Waals surface area contributed by atoms with Gasteiger partial charge >= 0.3 is 6.09 Å². The number of carbonyl (C=O) groups excluding carboxylic acids is 1. The fraction of sp³-hybridized carbons (Fsp3) is 0.387. The summed E-state index contributed by atoms with van der Waals surface area (Å²) in [5, 5.41) is 0. The molecular weight excluding hydrogens is 546 g/mol. The Bertz CT molecular complexity index is 1240. The highest BCUT2D eigenvalue weighted by atomic mass is 79.9. The lowest BCUT2D eigenvalue weighted by molar-refractivity contribution is 0.0579. The van der Waals surface area contributed by atoms with Gasteiger partial charge in [0.25, 0.3) is 0 Å². The number of anilines is 1. The number of methoxy groups -OCH3 is 1. The Hall–Kier alpha value is -3.03. The van der Waals surface area contributed by atoms with Crippen LogP contribution in [0.3, 0.4) is 0 Å². The Morgan fingerprint density at radius 3 is 2.37 bits per heavy atom. The van der Waals surface area contributed by atoms with Gasteiger partial charge in [0.1, 0.15) is 23.7 Å². The number of halogens is 1. The highest BCUT2D eigenvalue weighted by molar-refractivity contribution is 9.10. The van der Waals surface area contributed by atoms with Crippen molar-refractivity contribution in [2.24, 2.45) is 0 Å². The van der Waals surface area contributed by atoms with Gasteiger partial charge in [-0.2, -0.15) is 0 Å². The zero-order chi connectivity index (χ0) is 27.3. The van der Waals surface area contributed by atoms with Gasteiger partial charge in [-0.05, 0) is 69.0 Å². The largest absolute Gasteiger partial charge is 0.497 e. The molecule has 1 aliphatic heterocycles. The van der Waals surface area contributed by atoms with Gasteiger partial charge in [-0.3, -0.25) is 4.90 Å². The van der Waals surface area contributed by atoms with Gasteiger partial charge in [-0.1, -0.05) is 58.4 Å². The van der Waals surface area contributed by atoms with E-state index in [2.05, 4.69) is 15.9 Å². The van der Waals surface area contributed by atoms with Gasteiger partial charge < -0.3 is 18.9 Å². The van der Waals surface area contributed by atoms with Crippen molar-refractivity contribution < 1.29 is 23.7 Å². The molecule has 1 heterocycles. The average Bonchev–Trinajstić information content (AvgIpc) is 3.28. The quantitative estimate of drug-likeness (QED) is 0.241. The van der Waals surface area contributed by atoms with Crippen molar-refractivity contribution in [3.63, 3.8) is 0 Å². The second-order valence-corrected chi connectivity index (χ2v) is 11.3. The molecule has 6 nitrogen and oxygen atoms in total. The van der Waals surface area contributed by atoms with Crippen molar-refractivity contribution in [3.05, 3.63) is 87.4 Å². The molecular formula is C31H36BrNO5. The average molecular weight is 583 g/mol. The van der Waals surface area contributed by atoms with E-state index in [0.717, 1.165) is 50.3 Å². The molecule has 3 aromatic rings. The summed E-state index contributed by atoms with van der Waals surface area (Å²) in [6.07, 6.45) is 0.417. The van der Waals surface area contributed by atoms with E-state index in [1.807, 2.05) is 88.4 Å². The maximum atomic E-state index is 13.3. The summed E-state index contributed by atoms with van der Waals surface area (Å²) < 4.78 is 24.2. The van der Waals surface area contributed by atoms with E-state index >= 15 is 0 Å². The molecule has 1 atom stereocenters. The van der Waals surface area contributed by atoms with Crippen LogP contribution in [0, 0.1) is 6.92 Å². The Morgan fingerprint density at radius 1 is 1.03 bits per heavy atom. The van der Waals surface area contributed by atoms with E-state index in [9.17, 15) is 4.79 Å². The topological polar surface area (TPSA) is 57.2 Å². The molecule has 202 valence electrons. The van der Waals surface area contributed by atoms with Crippen LogP contribution in [0.2, 0.25) is 0 Å². The Labute approximate surface area is 234 Å². The fourth-order valence-corrected chi connectivity index (χ4v) is 5.33. The summed E-state index contributed by atoms with van der Waals surface area (Å²) in [6, 6.07) is 19.9. The van der Waals surface area contributed by atoms with Crippen LogP contribution in [0.15, 0.2) is 65.1 Å². The number of hydrogen-bond donors (Lipinski definition) is 0. The van der Waals surface area contributed by atoms with E-state index in [0.29, 0.717) is 26.4 Å². The molecule has 0 spiro atoms. The number of ether oxygens (including phenoxy) is 4. The molecule has 1 aliphatic rings. The molecule has 0 fully saturated rings. The summed E-state index contributed by atoms with van der Waals surface area (Å²) in [4.78, 5) is 15.1. The molecule has 4 rings (SSSR count). The maximum Gasteiger partial charge on any atom is 0.414 e. The van der Waals surface area contributed by atoms with Crippen LogP contribution in [0.4, 0.5) is 10.5 Å². The summed E-state index contributed by atoms with van der Waals surface area (Å²) >= 11 is 3.78. The van der Waals surface area contributed by atoms with Crippen LogP contribution in [0.5, 0.6) is 11.5 Å². The number of hydrogen-bond acceptors (Lipinski definition) is 5. The van der Waals surface area contributed by atoms with E-state index in [4.69, 9.17) is 18.9 Å². The smallest absolute Gasteiger partial charge is 0.414 e. The van der Waals surface area contributed by atoms with Crippen LogP contribution in [-0.4, -0.2) is 32.0 Å². The summed E-state index contributed by atoms with van der Waals surface area (Å²) in [5.74, 6) is 1.67. The molecule has 0 saturated heterocycles. The SMILES string of the molecule is COc1ccc(COCCC2CN(C(=O)OC(C)(C)C)c3c(C)c(OCc4ccccc4)cc(Br)c32)cc1. The van der Waals surface area contributed by atoms with Crippen LogP contribution in [0.1, 0.15) is 55.4 Å². The predicted octanol–water partition coefficient (Wildman–Crippen LogP) is 7.79. The van der Waals surface area contributed by atoms with E-state index in [1.54, 1.807) is 12.0 Å². The minimum atomic E-state index is -0.594. The van der Waals surface area contributed by atoms with Crippen LogP contribution in [-0.2, 0) is 22.7 Å². The molecule has 0 bridgehead atoms. The molecule has 0 radical (unpaired) electrons. The third-order valence-corrected chi connectivity index (χ3v) is 7.12. The van der Waals surface area contributed by atoms with Crippen LogP contribution >= 0.6 is 15.9 Å². The van der Waals surface area contributed by atoms with Gasteiger partial charge in [0.15, 0.2) is 0 Å². The van der Waals surface area contributed by atoms with Gasteiger partial charge in [0.05, 0.1) is 19.4 Å². The molecule has 1 amide bonds. The first kappa shape index (κ1) is 28.0. The molecule has 0 aliphatic carbocycles. The number of amides is 1. The number of rotatable bonds is 9. The highest BCUT2D eigenvalue weighted by Gasteiger charge is 2.38. The minimum Gasteiger partial charge on any atom is -0.497 e. The van der Waals surface area contributed by atoms with Crippen LogP contribution in [0.25, 0.3) is 0 Å². The normalized spacial score (nSPS) is 14.8. The number of carbonyl (C=O) groups is 1. The molecule has 0 saturated carbocycles. The summed E-state index contributed by atoms with van der Waals surface area (Å²) in [5.41, 5.74) is 4.45. The number of fused-ring (bicyclic) bond motifs is 1. The van der Waals surface area contributed by atoms with Crippen molar-refractivity contribution in [1.29, 1.82) is 0 Å². The van der Waals surface area contributed by atoms with Crippen LogP contribution < -0.4 is 14.4 Å². The first-order chi connectivity index (χ1) is 18.2. The number of benzene rings is 3. The molecule has 7 heteroatoms. The highest BCUT2D eigenvalue weighted by Crippen LogP contribution is 2.48. The third-order valence-electron chi connectivity index (χ3n) is 6.47. The van der Waals surface area contributed by atoms with Crippen molar-refractivity contribution in [2.45, 2.75) is 58.8 Å². The van der Waals surface area contributed by atoms with Crippen molar-refractivity contribution in [3.8, 4) is 11.5 Å². The van der Waals surface area contributed by atoms with Gasteiger partial charge in [-0.15, -0.1) is 0 Å². The second kappa shape index (κ2) is 12.2. The lowest BCUT2D eigenvalue weighted by Crippen LogP contribution is -2.36. The van der Waals surface area contributed by atoms with E-state index < -0.39 is 5.60 Å². The zero-order valence-electron chi connectivity index (χ0n) is 22.8. The van der Waals surface area contributed by atoms with Gasteiger partial charge in [0, 0.05) is 29.1 Å².